The molecule has 0 heterocycles. The molecule has 1 nitrogen and oxygen atoms in total. The maximum Gasteiger partial charge on any atom is 0.133 e. The predicted octanol–water partition coefficient (Wildman–Crippen LogP) is 3.48. The van der Waals surface area contributed by atoms with E-state index in [4.69, 9.17) is 0 Å². The fraction of sp³-hybridized carbons (Fsp3) is 0.562. The molecule has 1 atom stereocenters. The van der Waals surface area contributed by atoms with Gasteiger partial charge in [-0.1, -0.05) is 25.1 Å². The number of benzene rings is 1. The Morgan fingerprint density at radius 3 is 2.76 bits per heavy atom. The van der Waals surface area contributed by atoms with E-state index in [2.05, 4.69) is 25.1 Å². The number of fused-ring (bicyclic) bond motifs is 1. The lowest BCUT2D eigenvalue weighted by molar-refractivity contribution is -0.117. The minimum absolute atomic E-state index is 0.226. The van der Waals surface area contributed by atoms with Crippen LogP contribution >= 0.6 is 0 Å². The third-order valence-corrected chi connectivity index (χ3v) is 4.43. The normalized spacial score (nSPS) is 27.5. The topological polar surface area (TPSA) is 17.1 Å². The minimum atomic E-state index is 0.226. The van der Waals surface area contributed by atoms with Crippen LogP contribution in [0.3, 0.4) is 0 Å². The van der Waals surface area contributed by atoms with E-state index in [9.17, 15) is 4.79 Å². The second-order valence-corrected chi connectivity index (χ2v) is 6.16. The molecule has 1 saturated carbocycles. The van der Waals surface area contributed by atoms with Crippen LogP contribution in [0.5, 0.6) is 0 Å². The fourth-order valence-corrected chi connectivity index (χ4v) is 3.47. The summed E-state index contributed by atoms with van der Waals surface area (Å²) in [6, 6.07) is 6.96. The van der Waals surface area contributed by atoms with Gasteiger partial charge in [-0.3, -0.25) is 4.79 Å². The molecule has 3 rings (SSSR count). The van der Waals surface area contributed by atoms with Crippen LogP contribution in [0, 0.1) is 5.41 Å². The smallest absolute Gasteiger partial charge is 0.133 e. The Kier molecular flexibility index (Phi) is 2.57. The summed E-state index contributed by atoms with van der Waals surface area (Å²) >= 11 is 0. The molecular weight excluding hydrogens is 208 g/mol. The molecule has 2 aliphatic rings. The van der Waals surface area contributed by atoms with Gasteiger partial charge in [-0.2, -0.15) is 0 Å². The second-order valence-electron chi connectivity index (χ2n) is 6.16. The Balaban J connectivity index is 1.79. The Morgan fingerprint density at radius 2 is 2.00 bits per heavy atom. The molecule has 90 valence electrons. The van der Waals surface area contributed by atoms with Gasteiger partial charge in [0.25, 0.3) is 0 Å². The van der Waals surface area contributed by atoms with Gasteiger partial charge in [-0.25, -0.2) is 0 Å². The quantitative estimate of drug-likeness (QED) is 0.757. The molecule has 1 aromatic carbocycles. The van der Waals surface area contributed by atoms with E-state index in [0.717, 1.165) is 25.7 Å². The van der Waals surface area contributed by atoms with E-state index in [-0.39, 0.29) is 5.41 Å². The molecule has 0 aromatic heterocycles. The van der Waals surface area contributed by atoms with E-state index < -0.39 is 0 Å². The molecule has 0 spiro atoms. The van der Waals surface area contributed by atoms with Crippen LogP contribution in [0.15, 0.2) is 18.2 Å². The molecule has 0 saturated heterocycles. The molecule has 1 aromatic rings. The van der Waals surface area contributed by atoms with Gasteiger partial charge in [0.05, 0.1) is 0 Å². The maximum absolute atomic E-state index is 11.4. The number of carbonyl (C=O) groups excluding carboxylic acids is 1. The molecule has 1 heteroatoms. The summed E-state index contributed by atoms with van der Waals surface area (Å²) in [6.07, 6.45) is 7.54. The SMILES string of the molecule is CC1(Cc2ccc3c(c2)CCC3)CCC(=O)C1. The number of rotatable bonds is 2. The summed E-state index contributed by atoms with van der Waals surface area (Å²) in [5.41, 5.74) is 4.75. The van der Waals surface area contributed by atoms with Gasteiger partial charge in [0.15, 0.2) is 0 Å². The van der Waals surface area contributed by atoms with Gasteiger partial charge in [0, 0.05) is 12.8 Å². The number of ketones is 1. The third-order valence-electron chi connectivity index (χ3n) is 4.43. The van der Waals surface area contributed by atoms with E-state index in [1.165, 1.54) is 24.8 Å². The molecular formula is C16H20O. The molecule has 0 bridgehead atoms. The highest BCUT2D eigenvalue weighted by Gasteiger charge is 2.34. The third kappa shape index (κ3) is 2.15. The first-order valence-electron chi connectivity index (χ1n) is 6.77. The highest BCUT2D eigenvalue weighted by Crippen LogP contribution is 2.39. The van der Waals surface area contributed by atoms with Crippen LogP contribution in [0.25, 0.3) is 0 Å². The van der Waals surface area contributed by atoms with Gasteiger partial charge in [0.2, 0.25) is 0 Å². The largest absolute Gasteiger partial charge is 0.300 e. The Hall–Kier alpha value is -1.11. The van der Waals surface area contributed by atoms with Crippen molar-refractivity contribution in [3.8, 4) is 0 Å². The van der Waals surface area contributed by atoms with Crippen molar-refractivity contribution in [2.24, 2.45) is 5.41 Å². The number of aryl methyl sites for hydroxylation is 2. The number of carbonyl (C=O) groups is 1. The van der Waals surface area contributed by atoms with Gasteiger partial charge < -0.3 is 0 Å². The van der Waals surface area contributed by atoms with Gasteiger partial charge in [0.1, 0.15) is 5.78 Å². The number of hydrogen-bond donors (Lipinski definition) is 0. The zero-order valence-corrected chi connectivity index (χ0v) is 10.6. The standard InChI is InChI=1S/C16H20O/c1-16(8-7-15(17)11-16)10-12-5-6-13-3-2-4-14(13)9-12/h5-6,9H,2-4,7-8,10-11H2,1H3. The molecule has 2 aliphatic carbocycles. The van der Waals surface area contributed by atoms with E-state index in [1.54, 1.807) is 11.1 Å². The van der Waals surface area contributed by atoms with Crippen LogP contribution in [-0.4, -0.2) is 5.78 Å². The highest BCUT2D eigenvalue weighted by atomic mass is 16.1. The number of hydrogen-bond acceptors (Lipinski definition) is 1. The van der Waals surface area contributed by atoms with E-state index in [0.29, 0.717) is 5.78 Å². The summed E-state index contributed by atoms with van der Waals surface area (Å²) < 4.78 is 0. The average molecular weight is 228 g/mol. The number of Topliss-reactive ketones (excluding diaryl/α,β-unsaturated/α-hetero) is 1. The lowest BCUT2D eigenvalue weighted by Crippen LogP contribution is -2.15. The zero-order valence-electron chi connectivity index (χ0n) is 10.6. The summed E-state index contributed by atoms with van der Waals surface area (Å²) in [6.45, 7) is 2.27. The van der Waals surface area contributed by atoms with E-state index in [1.807, 2.05) is 0 Å². The summed E-state index contributed by atoms with van der Waals surface area (Å²) in [7, 11) is 0. The van der Waals surface area contributed by atoms with Crippen molar-refractivity contribution in [1.82, 2.24) is 0 Å². The van der Waals surface area contributed by atoms with Gasteiger partial charge >= 0.3 is 0 Å². The van der Waals surface area contributed by atoms with Crippen LogP contribution in [0.1, 0.15) is 49.3 Å². The van der Waals surface area contributed by atoms with Crippen molar-refractivity contribution in [2.45, 2.75) is 51.9 Å². The van der Waals surface area contributed by atoms with Crippen molar-refractivity contribution in [1.29, 1.82) is 0 Å². The lowest BCUT2D eigenvalue weighted by Gasteiger charge is -2.22. The van der Waals surface area contributed by atoms with Crippen LogP contribution in [0.4, 0.5) is 0 Å². The first-order chi connectivity index (χ1) is 8.15. The fourth-order valence-electron chi connectivity index (χ4n) is 3.47. The average Bonchev–Trinajstić information content (AvgIpc) is 2.85. The molecule has 17 heavy (non-hydrogen) atoms. The molecule has 1 unspecified atom stereocenters. The Labute approximate surface area is 103 Å². The monoisotopic (exact) mass is 228 g/mol. The minimum Gasteiger partial charge on any atom is -0.300 e. The highest BCUT2D eigenvalue weighted by molar-refractivity contribution is 5.81. The molecule has 0 radical (unpaired) electrons. The van der Waals surface area contributed by atoms with Crippen molar-refractivity contribution in [2.75, 3.05) is 0 Å². The van der Waals surface area contributed by atoms with E-state index >= 15 is 0 Å². The summed E-state index contributed by atoms with van der Waals surface area (Å²) in [4.78, 5) is 11.4. The summed E-state index contributed by atoms with van der Waals surface area (Å²) in [5, 5.41) is 0. The van der Waals surface area contributed by atoms with Crippen molar-refractivity contribution < 1.29 is 4.79 Å². The van der Waals surface area contributed by atoms with Gasteiger partial charge in [-0.15, -0.1) is 0 Å². The Bertz CT molecular complexity index is 461. The predicted molar refractivity (Wildman–Crippen MR) is 69.1 cm³/mol. The lowest BCUT2D eigenvalue weighted by atomic mass is 9.81. The molecule has 1 fully saturated rings. The van der Waals surface area contributed by atoms with Crippen molar-refractivity contribution in [3.63, 3.8) is 0 Å². The molecule has 0 aliphatic heterocycles. The first-order valence-corrected chi connectivity index (χ1v) is 6.77. The van der Waals surface area contributed by atoms with Crippen molar-refractivity contribution in [3.05, 3.63) is 34.9 Å². The maximum atomic E-state index is 11.4. The first kappa shape index (κ1) is 11.0. The van der Waals surface area contributed by atoms with Crippen LogP contribution < -0.4 is 0 Å². The summed E-state index contributed by atoms with van der Waals surface area (Å²) in [5.74, 6) is 0.452. The van der Waals surface area contributed by atoms with Crippen molar-refractivity contribution >= 4 is 5.78 Å². The Morgan fingerprint density at radius 1 is 1.18 bits per heavy atom. The van der Waals surface area contributed by atoms with Gasteiger partial charge in [-0.05, 0) is 54.2 Å². The van der Waals surface area contributed by atoms with Crippen LogP contribution in [-0.2, 0) is 24.1 Å². The molecule has 0 amide bonds. The zero-order chi connectivity index (χ0) is 11.9. The second kappa shape index (κ2) is 3.97. The molecule has 0 N–H and O–H groups in total. The van der Waals surface area contributed by atoms with Crippen LogP contribution in [0.2, 0.25) is 0 Å².